The van der Waals surface area contributed by atoms with Crippen molar-refractivity contribution in [2.75, 3.05) is 0 Å². The third-order valence-electron chi connectivity index (χ3n) is 1.58. The van der Waals surface area contributed by atoms with Crippen LogP contribution in [0.3, 0.4) is 0 Å². The van der Waals surface area contributed by atoms with Crippen LogP contribution in [0.5, 0.6) is 0 Å². The number of halogens is 1. The molecule has 0 radical (unpaired) electrons. The van der Waals surface area contributed by atoms with Crippen LogP contribution in [0.1, 0.15) is 25.0 Å². The molecule has 0 amide bonds. The van der Waals surface area contributed by atoms with E-state index in [1.54, 1.807) is 6.07 Å². The Bertz CT molecular complexity index is 299. The minimum Gasteiger partial charge on any atom is -0.207 e. The minimum atomic E-state index is -0.277. The normalized spacial score (nSPS) is 8.23. The Morgan fingerprint density at radius 3 is 2.54 bits per heavy atom. The van der Waals surface area contributed by atoms with E-state index in [1.165, 1.54) is 12.1 Å². The first-order valence-electron chi connectivity index (χ1n) is 4.36. The fourth-order valence-corrected chi connectivity index (χ4v) is 0.916. The van der Waals surface area contributed by atoms with Gasteiger partial charge in [-0.3, -0.25) is 0 Å². The molecule has 1 aromatic carbocycles. The van der Waals surface area contributed by atoms with Crippen molar-refractivity contribution < 1.29 is 4.39 Å². The summed E-state index contributed by atoms with van der Waals surface area (Å²) < 4.78 is 12.6. The summed E-state index contributed by atoms with van der Waals surface area (Å²) in [6, 6.07) is 6.47. The average molecular weight is 179 g/mol. The highest BCUT2D eigenvalue weighted by atomic mass is 19.1. The number of hydrogen-bond donors (Lipinski definition) is 0. The summed E-state index contributed by atoms with van der Waals surface area (Å²) >= 11 is 0. The van der Waals surface area contributed by atoms with Gasteiger partial charge in [0.15, 0.2) is 0 Å². The summed E-state index contributed by atoms with van der Waals surface area (Å²) in [4.78, 5) is 0. The monoisotopic (exact) mass is 179 g/mol. The van der Waals surface area contributed by atoms with Gasteiger partial charge in [-0.05, 0) is 30.2 Å². The maximum atomic E-state index is 12.6. The molecule has 0 aliphatic heterocycles. The number of aryl methyl sites for hydroxylation is 1. The molecule has 0 bridgehead atoms. The van der Waals surface area contributed by atoms with Crippen molar-refractivity contribution >= 4 is 0 Å². The number of hydrogen-bond acceptors (Lipinski definition) is 1. The van der Waals surface area contributed by atoms with E-state index in [9.17, 15) is 4.39 Å². The molecule has 0 saturated carbocycles. The lowest BCUT2D eigenvalue weighted by atomic mass is 10.1. The second-order valence-electron chi connectivity index (χ2n) is 2.41. The highest BCUT2D eigenvalue weighted by molar-refractivity contribution is 5.28. The van der Waals surface area contributed by atoms with Crippen LogP contribution in [0.15, 0.2) is 18.2 Å². The Hall–Kier alpha value is -1.36. The molecular formula is C11H14FN. The van der Waals surface area contributed by atoms with Crippen LogP contribution in [0.25, 0.3) is 0 Å². The molecule has 0 aromatic heterocycles. The third-order valence-corrected chi connectivity index (χ3v) is 1.58. The van der Waals surface area contributed by atoms with Gasteiger partial charge in [0, 0.05) is 0 Å². The van der Waals surface area contributed by atoms with Crippen molar-refractivity contribution in [3.05, 3.63) is 35.1 Å². The zero-order valence-electron chi connectivity index (χ0n) is 8.26. The van der Waals surface area contributed by atoms with Crippen molar-refractivity contribution in [2.24, 2.45) is 0 Å². The number of nitrogens with zero attached hydrogens (tertiary/aromatic N) is 1. The van der Waals surface area contributed by atoms with E-state index >= 15 is 0 Å². The number of benzene rings is 1. The van der Waals surface area contributed by atoms with Gasteiger partial charge in [0.1, 0.15) is 5.82 Å². The average Bonchev–Trinajstić information content (AvgIpc) is 2.15. The van der Waals surface area contributed by atoms with Crippen LogP contribution in [-0.2, 0) is 6.42 Å². The summed E-state index contributed by atoms with van der Waals surface area (Å²) in [6.45, 7) is 5.87. The van der Waals surface area contributed by atoms with Crippen LogP contribution in [0.4, 0.5) is 4.39 Å². The molecule has 0 unspecified atom stereocenters. The maximum Gasteiger partial charge on any atom is 0.123 e. The largest absolute Gasteiger partial charge is 0.207 e. The van der Waals surface area contributed by atoms with Crippen LogP contribution >= 0.6 is 0 Å². The quantitative estimate of drug-likeness (QED) is 0.649. The Morgan fingerprint density at radius 2 is 2.00 bits per heavy atom. The van der Waals surface area contributed by atoms with Gasteiger partial charge in [-0.15, -0.1) is 0 Å². The molecule has 2 heteroatoms. The molecule has 70 valence electrons. The van der Waals surface area contributed by atoms with Crippen molar-refractivity contribution in [3.8, 4) is 6.07 Å². The van der Waals surface area contributed by atoms with Crippen LogP contribution in [-0.4, -0.2) is 0 Å². The van der Waals surface area contributed by atoms with Crippen LogP contribution < -0.4 is 0 Å². The Kier molecular flexibility index (Phi) is 5.54. The third kappa shape index (κ3) is 3.71. The van der Waals surface area contributed by atoms with E-state index < -0.39 is 0 Å². The lowest BCUT2D eigenvalue weighted by Crippen LogP contribution is -1.88. The molecule has 1 aromatic rings. The predicted octanol–water partition coefficient (Wildman–Crippen LogP) is 3.23. The second kappa shape index (κ2) is 6.19. The van der Waals surface area contributed by atoms with E-state index in [2.05, 4.69) is 0 Å². The lowest BCUT2D eigenvalue weighted by molar-refractivity contribution is 0.625. The molecule has 0 spiro atoms. The van der Waals surface area contributed by atoms with Crippen LogP contribution in [0.2, 0.25) is 0 Å². The Morgan fingerprint density at radius 1 is 1.38 bits per heavy atom. The van der Waals surface area contributed by atoms with E-state index in [0.717, 1.165) is 11.1 Å². The van der Waals surface area contributed by atoms with Gasteiger partial charge in [0.25, 0.3) is 0 Å². The highest BCUT2D eigenvalue weighted by Crippen LogP contribution is 2.09. The van der Waals surface area contributed by atoms with E-state index in [4.69, 9.17) is 5.26 Å². The standard InChI is InChI=1S/C9H8FN.C2H6/c1-7-2-3-9(10)6-8(7)4-5-11;1-2/h2-3,6H,4H2,1H3;1-2H3. The van der Waals surface area contributed by atoms with Gasteiger partial charge in [-0.2, -0.15) is 5.26 Å². The molecule has 0 heterocycles. The zero-order valence-corrected chi connectivity index (χ0v) is 8.26. The van der Waals surface area contributed by atoms with Gasteiger partial charge in [-0.1, -0.05) is 19.9 Å². The molecule has 0 atom stereocenters. The number of rotatable bonds is 1. The Balaban J connectivity index is 0.000000671. The molecule has 0 aliphatic rings. The molecule has 0 fully saturated rings. The van der Waals surface area contributed by atoms with Crippen molar-refractivity contribution in [3.63, 3.8) is 0 Å². The predicted molar refractivity (Wildman–Crippen MR) is 51.8 cm³/mol. The van der Waals surface area contributed by atoms with Gasteiger partial charge in [0.2, 0.25) is 0 Å². The van der Waals surface area contributed by atoms with Crippen molar-refractivity contribution in [2.45, 2.75) is 27.2 Å². The first kappa shape index (κ1) is 11.6. The fourth-order valence-electron chi connectivity index (χ4n) is 0.916. The van der Waals surface area contributed by atoms with Gasteiger partial charge in [-0.25, -0.2) is 4.39 Å². The zero-order chi connectivity index (χ0) is 10.3. The molecular weight excluding hydrogens is 165 g/mol. The first-order chi connectivity index (χ1) is 6.24. The van der Waals surface area contributed by atoms with Crippen molar-refractivity contribution in [1.82, 2.24) is 0 Å². The molecule has 1 nitrogen and oxygen atoms in total. The molecule has 0 saturated heterocycles. The summed E-state index contributed by atoms with van der Waals surface area (Å²) in [5.74, 6) is -0.277. The topological polar surface area (TPSA) is 23.8 Å². The highest BCUT2D eigenvalue weighted by Gasteiger charge is 1.98. The van der Waals surface area contributed by atoms with Crippen LogP contribution in [0, 0.1) is 24.1 Å². The van der Waals surface area contributed by atoms with Gasteiger partial charge < -0.3 is 0 Å². The van der Waals surface area contributed by atoms with E-state index in [1.807, 2.05) is 26.8 Å². The van der Waals surface area contributed by atoms with Gasteiger partial charge >= 0.3 is 0 Å². The van der Waals surface area contributed by atoms with E-state index in [0.29, 0.717) is 0 Å². The van der Waals surface area contributed by atoms with Crippen molar-refractivity contribution in [1.29, 1.82) is 5.26 Å². The number of nitriles is 1. The smallest absolute Gasteiger partial charge is 0.123 e. The molecule has 13 heavy (non-hydrogen) atoms. The summed E-state index contributed by atoms with van der Waals surface area (Å²) in [5.41, 5.74) is 1.74. The molecule has 0 aliphatic carbocycles. The lowest BCUT2D eigenvalue weighted by Gasteiger charge is -1.99. The fraction of sp³-hybridized carbons (Fsp3) is 0.364. The second-order valence-corrected chi connectivity index (χ2v) is 2.41. The SMILES string of the molecule is CC.Cc1ccc(F)cc1CC#N. The van der Waals surface area contributed by atoms with Gasteiger partial charge in [0.05, 0.1) is 12.5 Å². The van der Waals surface area contributed by atoms with E-state index in [-0.39, 0.29) is 12.2 Å². The maximum absolute atomic E-state index is 12.6. The Labute approximate surface area is 78.8 Å². The summed E-state index contributed by atoms with van der Waals surface area (Å²) in [7, 11) is 0. The first-order valence-corrected chi connectivity index (χ1v) is 4.36. The molecule has 1 rings (SSSR count). The summed E-state index contributed by atoms with van der Waals surface area (Å²) in [6.07, 6.45) is 0.281. The summed E-state index contributed by atoms with van der Waals surface area (Å²) in [5, 5.41) is 8.36. The molecule has 0 N–H and O–H groups in total. The minimum absolute atomic E-state index is 0.277.